The molecule has 162 valence electrons. The largest absolute Gasteiger partial charge is 0.372 e. The zero-order valence-corrected chi connectivity index (χ0v) is 18.4. The molecule has 9 heteroatoms. The zero-order chi connectivity index (χ0) is 22.8. The number of likely N-dealkylation sites (N-methyl/N-ethyl adjacent to an activating group) is 1. The number of hydrogen-bond acceptors (Lipinski definition) is 6. The lowest BCUT2D eigenvalue weighted by atomic mass is 10.1. The van der Waals surface area contributed by atoms with Gasteiger partial charge in [0.2, 0.25) is 0 Å². The fourth-order valence-corrected chi connectivity index (χ4v) is 4.60. The number of hydrogen-bond donors (Lipinski definition) is 1. The standard InChI is InChI=1S/C22H24N4O4S/c1-15-13-25(3)20-7-5-4-6-17(20)14-26(15)22(28)21(27)24-18-8-10-19(11-9-18)31(29,30)16(2)12-23/h4-11,15-16H,13-14H2,1-3H3,(H,24,27)/t15-,16-/m1/s1. The average molecular weight is 441 g/mol. The summed E-state index contributed by atoms with van der Waals surface area (Å²) in [6, 6.07) is 14.7. The van der Waals surface area contributed by atoms with E-state index in [2.05, 4.69) is 10.2 Å². The summed E-state index contributed by atoms with van der Waals surface area (Å²) >= 11 is 0. The molecule has 2 atom stereocenters. The van der Waals surface area contributed by atoms with Crippen LogP contribution < -0.4 is 10.2 Å². The van der Waals surface area contributed by atoms with Crippen LogP contribution in [0.25, 0.3) is 0 Å². The normalized spacial score (nSPS) is 17.2. The molecule has 1 aliphatic heterocycles. The lowest BCUT2D eigenvalue weighted by molar-refractivity contribution is -0.144. The van der Waals surface area contributed by atoms with E-state index < -0.39 is 26.9 Å². The second-order valence-corrected chi connectivity index (χ2v) is 9.85. The maximum Gasteiger partial charge on any atom is 0.313 e. The summed E-state index contributed by atoms with van der Waals surface area (Å²) < 4.78 is 24.5. The van der Waals surface area contributed by atoms with E-state index in [-0.39, 0.29) is 10.9 Å². The minimum Gasteiger partial charge on any atom is -0.372 e. The maximum absolute atomic E-state index is 12.9. The average Bonchev–Trinajstić information content (AvgIpc) is 2.88. The van der Waals surface area contributed by atoms with Crippen LogP contribution in [-0.4, -0.2) is 50.0 Å². The highest BCUT2D eigenvalue weighted by atomic mass is 32.2. The van der Waals surface area contributed by atoms with Gasteiger partial charge in [0, 0.05) is 37.6 Å². The number of rotatable bonds is 3. The van der Waals surface area contributed by atoms with Gasteiger partial charge in [0.05, 0.1) is 11.0 Å². The Hall–Kier alpha value is -3.38. The molecule has 0 saturated heterocycles. The Labute approximate surface area is 182 Å². The van der Waals surface area contributed by atoms with Crippen LogP contribution in [0.4, 0.5) is 11.4 Å². The van der Waals surface area contributed by atoms with E-state index in [4.69, 9.17) is 5.26 Å². The van der Waals surface area contributed by atoms with E-state index in [1.807, 2.05) is 38.2 Å². The fourth-order valence-electron chi connectivity index (χ4n) is 3.54. The highest BCUT2D eigenvalue weighted by Crippen LogP contribution is 2.26. The molecular formula is C22H24N4O4S. The third kappa shape index (κ3) is 4.54. The van der Waals surface area contributed by atoms with E-state index in [9.17, 15) is 18.0 Å². The van der Waals surface area contributed by atoms with Crippen molar-refractivity contribution in [1.29, 1.82) is 5.26 Å². The van der Waals surface area contributed by atoms with Gasteiger partial charge in [-0.05, 0) is 49.7 Å². The third-order valence-electron chi connectivity index (χ3n) is 5.36. The molecule has 2 amide bonds. The Bertz CT molecular complexity index is 1140. The minimum atomic E-state index is -3.77. The smallest absolute Gasteiger partial charge is 0.313 e. The number of anilines is 2. The number of sulfone groups is 1. The highest BCUT2D eigenvalue weighted by Gasteiger charge is 2.31. The first kappa shape index (κ1) is 22.3. The minimum absolute atomic E-state index is 0.0216. The number of amides is 2. The number of nitrogens with zero attached hydrogens (tertiary/aromatic N) is 3. The SMILES string of the molecule is C[C@@H]1CN(C)c2ccccc2CN1C(=O)C(=O)Nc1ccc(S(=O)(=O)[C@H](C)C#N)cc1. The van der Waals surface area contributed by atoms with Crippen LogP contribution in [-0.2, 0) is 26.0 Å². The predicted molar refractivity (Wildman–Crippen MR) is 117 cm³/mol. The third-order valence-corrected chi connectivity index (χ3v) is 7.32. The van der Waals surface area contributed by atoms with Crippen molar-refractivity contribution >= 4 is 33.0 Å². The Morgan fingerprint density at radius 3 is 2.45 bits per heavy atom. The first-order valence-electron chi connectivity index (χ1n) is 9.79. The molecule has 1 aliphatic rings. The maximum atomic E-state index is 12.9. The number of nitriles is 1. The van der Waals surface area contributed by atoms with Gasteiger partial charge in [-0.3, -0.25) is 9.59 Å². The first-order chi connectivity index (χ1) is 14.6. The Kier molecular flexibility index (Phi) is 6.32. The molecule has 31 heavy (non-hydrogen) atoms. The number of nitrogens with one attached hydrogen (secondary N) is 1. The van der Waals surface area contributed by atoms with E-state index in [0.717, 1.165) is 11.3 Å². The van der Waals surface area contributed by atoms with Gasteiger partial charge in [-0.2, -0.15) is 5.26 Å². The summed E-state index contributed by atoms with van der Waals surface area (Å²) in [6.45, 7) is 4.10. The van der Waals surface area contributed by atoms with E-state index in [1.54, 1.807) is 6.07 Å². The van der Waals surface area contributed by atoms with Crippen LogP contribution in [0.15, 0.2) is 53.4 Å². The van der Waals surface area contributed by atoms with E-state index in [0.29, 0.717) is 18.8 Å². The Morgan fingerprint density at radius 1 is 1.16 bits per heavy atom. The van der Waals surface area contributed by atoms with Crippen molar-refractivity contribution in [2.75, 3.05) is 23.8 Å². The number of para-hydroxylation sites is 1. The fraction of sp³-hybridized carbons (Fsp3) is 0.318. The van der Waals surface area contributed by atoms with Crippen LogP contribution in [0.5, 0.6) is 0 Å². The molecular weight excluding hydrogens is 416 g/mol. The van der Waals surface area contributed by atoms with Gasteiger partial charge in [0.25, 0.3) is 0 Å². The lowest BCUT2D eigenvalue weighted by Crippen LogP contribution is -2.46. The number of carbonyl (C=O) groups excluding carboxylic acids is 2. The van der Waals surface area contributed by atoms with Crippen molar-refractivity contribution in [1.82, 2.24) is 4.90 Å². The molecule has 0 unspecified atom stereocenters. The van der Waals surface area contributed by atoms with Gasteiger partial charge in [-0.1, -0.05) is 18.2 Å². The van der Waals surface area contributed by atoms with Gasteiger partial charge in [-0.25, -0.2) is 8.42 Å². The molecule has 0 fully saturated rings. The molecule has 0 spiro atoms. The van der Waals surface area contributed by atoms with E-state index >= 15 is 0 Å². The van der Waals surface area contributed by atoms with Crippen molar-refractivity contribution < 1.29 is 18.0 Å². The van der Waals surface area contributed by atoms with Crippen molar-refractivity contribution in [3.8, 4) is 6.07 Å². The predicted octanol–water partition coefficient (Wildman–Crippen LogP) is 2.18. The molecule has 1 heterocycles. The van der Waals surface area contributed by atoms with Gasteiger partial charge in [0.1, 0.15) is 5.25 Å². The molecule has 3 rings (SSSR count). The Morgan fingerprint density at radius 2 is 1.81 bits per heavy atom. The second-order valence-electron chi connectivity index (χ2n) is 7.59. The quantitative estimate of drug-likeness (QED) is 0.733. The van der Waals surface area contributed by atoms with E-state index in [1.165, 1.54) is 36.1 Å². The molecule has 0 aromatic heterocycles. The van der Waals surface area contributed by atoms with Crippen molar-refractivity contribution in [3.63, 3.8) is 0 Å². The van der Waals surface area contributed by atoms with Crippen LogP contribution in [0.1, 0.15) is 19.4 Å². The summed E-state index contributed by atoms with van der Waals surface area (Å²) in [5.41, 5.74) is 2.27. The summed E-state index contributed by atoms with van der Waals surface area (Å²) in [7, 11) is -1.82. The van der Waals surface area contributed by atoms with Gasteiger partial charge in [-0.15, -0.1) is 0 Å². The van der Waals surface area contributed by atoms with Crippen LogP contribution in [0, 0.1) is 11.3 Å². The second kappa shape index (κ2) is 8.78. The topological polar surface area (TPSA) is 111 Å². The molecule has 0 bridgehead atoms. The summed E-state index contributed by atoms with van der Waals surface area (Å²) in [5.74, 6) is -1.46. The first-order valence-corrected chi connectivity index (χ1v) is 11.3. The van der Waals surface area contributed by atoms with Crippen LogP contribution in [0.3, 0.4) is 0 Å². The molecule has 0 saturated carbocycles. The molecule has 2 aromatic carbocycles. The molecule has 8 nitrogen and oxygen atoms in total. The molecule has 1 N–H and O–H groups in total. The Balaban J connectivity index is 1.75. The molecule has 0 aliphatic carbocycles. The molecule has 2 aromatic rings. The summed E-state index contributed by atoms with van der Waals surface area (Å²) in [6.07, 6.45) is 0. The molecule has 0 radical (unpaired) electrons. The van der Waals surface area contributed by atoms with Crippen LogP contribution >= 0.6 is 0 Å². The van der Waals surface area contributed by atoms with Crippen molar-refractivity contribution in [3.05, 3.63) is 54.1 Å². The van der Waals surface area contributed by atoms with Crippen molar-refractivity contribution in [2.45, 2.75) is 36.6 Å². The number of fused-ring (bicyclic) bond motifs is 1. The summed E-state index contributed by atoms with van der Waals surface area (Å²) in [4.78, 5) is 29.1. The lowest BCUT2D eigenvalue weighted by Gasteiger charge is -2.28. The van der Waals surface area contributed by atoms with Crippen molar-refractivity contribution in [2.24, 2.45) is 0 Å². The number of benzene rings is 2. The highest BCUT2D eigenvalue weighted by molar-refractivity contribution is 7.92. The van der Waals surface area contributed by atoms with Gasteiger partial charge >= 0.3 is 11.8 Å². The zero-order valence-electron chi connectivity index (χ0n) is 17.6. The van der Waals surface area contributed by atoms with Gasteiger partial charge < -0.3 is 15.1 Å². The number of carbonyl (C=O) groups is 2. The van der Waals surface area contributed by atoms with Gasteiger partial charge in [0.15, 0.2) is 9.84 Å². The summed E-state index contributed by atoms with van der Waals surface area (Å²) in [5, 5.41) is 10.2. The monoisotopic (exact) mass is 440 g/mol. The van der Waals surface area contributed by atoms with Crippen LogP contribution in [0.2, 0.25) is 0 Å².